The highest BCUT2D eigenvalue weighted by Crippen LogP contribution is 2.35. The summed E-state index contributed by atoms with van der Waals surface area (Å²) < 4.78 is 4.69. The van der Waals surface area contributed by atoms with Crippen LogP contribution in [0.5, 0.6) is 0 Å². The van der Waals surface area contributed by atoms with Crippen LogP contribution in [0, 0.1) is 5.92 Å². The van der Waals surface area contributed by atoms with Gasteiger partial charge in [0.15, 0.2) is 0 Å². The first-order chi connectivity index (χ1) is 5.31. The molecule has 1 saturated heterocycles. The van der Waals surface area contributed by atoms with Gasteiger partial charge in [-0.3, -0.25) is 4.79 Å². The monoisotopic (exact) mass is 155 g/mol. The smallest absolute Gasteiger partial charge is 0.323 e. The molecule has 1 N–H and O–H groups in total. The number of ether oxygens (including phenoxy) is 1. The minimum atomic E-state index is -0.0859. The van der Waals surface area contributed by atoms with Gasteiger partial charge in [-0.25, -0.2) is 0 Å². The van der Waals surface area contributed by atoms with Crippen molar-refractivity contribution in [3.05, 3.63) is 0 Å². The maximum Gasteiger partial charge on any atom is 0.323 e. The Bertz CT molecular complexity index is 181. The van der Waals surface area contributed by atoms with E-state index in [-0.39, 0.29) is 12.0 Å². The van der Waals surface area contributed by atoms with Gasteiger partial charge < -0.3 is 10.1 Å². The van der Waals surface area contributed by atoms with Crippen LogP contribution in [-0.2, 0) is 9.53 Å². The molecular formula is C8H13NO2. The van der Waals surface area contributed by atoms with Gasteiger partial charge in [0.25, 0.3) is 0 Å². The van der Waals surface area contributed by atoms with Crippen LogP contribution in [0.3, 0.4) is 0 Å². The molecule has 0 spiro atoms. The van der Waals surface area contributed by atoms with Gasteiger partial charge in [-0.1, -0.05) is 0 Å². The fourth-order valence-electron chi connectivity index (χ4n) is 2.25. The molecule has 2 fully saturated rings. The van der Waals surface area contributed by atoms with Crippen molar-refractivity contribution < 1.29 is 9.53 Å². The number of nitrogens with one attached hydrogen (secondary N) is 1. The molecule has 2 aliphatic rings. The molecule has 11 heavy (non-hydrogen) atoms. The number of rotatable bonds is 1. The Labute approximate surface area is 66.1 Å². The topological polar surface area (TPSA) is 38.3 Å². The molecule has 0 aromatic rings. The summed E-state index contributed by atoms with van der Waals surface area (Å²) in [4.78, 5) is 11.1. The van der Waals surface area contributed by atoms with Crippen LogP contribution in [0.25, 0.3) is 0 Å². The first kappa shape index (κ1) is 7.10. The minimum absolute atomic E-state index is 0.00116. The van der Waals surface area contributed by atoms with E-state index in [0.717, 1.165) is 0 Å². The van der Waals surface area contributed by atoms with Crippen molar-refractivity contribution >= 4 is 5.97 Å². The largest absolute Gasteiger partial charge is 0.468 e. The molecule has 1 aliphatic heterocycles. The lowest BCUT2D eigenvalue weighted by Gasteiger charge is -2.20. The van der Waals surface area contributed by atoms with Gasteiger partial charge in [-0.15, -0.1) is 0 Å². The van der Waals surface area contributed by atoms with Crippen LogP contribution in [0.4, 0.5) is 0 Å². The van der Waals surface area contributed by atoms with E-state index in [1.807, 2.05) is 0 Å². The number of carbonyl (C=O) groups excluding carboxylic acids is 1. The maximum atomic E-state index is 11.1. The Hall–Kier alpha value is -0.570. The Morgan fingerprint density at radius 1 is 1.55 bits per heavy atom. The van der Waals surface area contributed by atoms with Gasteiger partial charge in [0.1, 0.15) is 6.04 Å². The van der Waals surface area contributed by atoms with Gasteiger partial charge in [0, 0.05) is 6.04 Å². The van der Waals surface area contributed by atoms with E-state index in [0.29, 0.717) is 12.0 Å². The van der Waals surface area contributed by atoms with E-state index >= 15 is 0 Å². The van der Waals surface area contributed by atoms with E-state index in [1.165, 1.54) is 26.4 Å². The van der Waals surface area contributed by atoms with Crippen LogP contribution in [-0.4, -0.2) is 25.2 Å². The number of piperidine rings is 1. The third kappa shape index (κ3) is 1.03. The fourth-order valence-corrected chi connectivity index (χ4v) is 2.25. The predicted molar refractivity (Wildman–Crippen MR) is 40.1 cm³/mol. The van der Waals surface area contributed by atoms with Gasteiger partial charge >= 0.3 is 5.97 Å². The lowest BCUT2D eigenvalue weighted by Crippen LogP contribution is -2.42. The van der Waals surface area contributed by atoms with Crippen molar-refractivity contribution in [2.45, 2.75) is 31.3 Å². The molecule has 0 unspecified atom stereocenters. The third-order valence-electron chi connectivity index (χ3n) is 2.81. The maximum absolute atomic E-state index is 11.1. The molecule has 0 aromatic heterocycles. The number of esters is 1. The highest BCUT2D eigenvalue weighted by atomic mass is 16.5. The van der Waals surface area contributed by atoms with Crippen molar-refractivity contribution in [3.8, 4) is 0 Å². The molecule has 3 atom stereocenters. The van der Waals surface area contributed by atoms with Gasteiger partial charge in [-0.05, 0) is 25.2 Å². The number of hydrogen-bond donors (Lipinski definition) is 1. The standard InChI is InChI=1S/C8H13NO2/c1-11-8(10)7-5-2-3-6(4-5)9-7/h5-7,9H,2-4H2,1H3/t5-,6+,7+/m1/s1. The third-order valence-corrected chi connectivity index (χ3v) is 2.81. The summed E-state index contributed by atoms with van der Waals surface area (Å²) in [6, 6.07) is 0.586. The number of methoxy groups -OCH3 is 1. The summed E-state index contributed by atoms with van der Waals surface area (Å²) in [5.74, 6) is 0.463. The minimum Gasteiger partial charge on any atom is -0.468 e. The van der Waals surface area contributed by atoms with E-state index in [4.69, 9.17) is 0 Å². The quantitative estimate of drug-likeness (QED) is 0.553. The fraction of sp³-hybridized carbons (Fsp3) is 0.875. The summed E-state index contributed by atoms with van der Waals surface area (Å²) in [5.41, 5.74) is 0. The van der Waals surface area contributed by atoms with E-state index in [9.17, 15) is 4.79 Å². The molecule has 0 aromatic carbocycles. The average molecular weight is 155 g/mol. The Balaban J connectivity index is 2.02. The Kier molecular flexibility index (Phi) is 1.60. The summed E-state index contributed by atoms with van der Waals surface area (Å²) >= 11 is 0. The molecule has 1 saturated carbocycles. The SMILES string of the molecule is COC(=O)[C@H]1N[C@H]2CC[C@@H]1C2. The van der Waals surface area contributed by atoms with Gasteiger partial charge in [-0.2, -0.15) is 0 Å². The Morgan fingerprint density at radius 3 is 2.82 bits per heavy atom. The molecule has 62 valence electrons. The molecule has 3 nitrogen and oxygen atoms in total. The molecule has 2 rings (SSSR count). The van der Waals surface area contributed by atoms with Crippen molar-refractivity contribution in [1.82, 2.24) is 5.32 Å². The molecule has 0 radical (unpaired) electrons. The first-order valence-electron chi connectivity index (χ1n) is 4.15. The van der Waals surface area contributed by atoms with Crippen molar-refractivity contribution in [3.63, 3.8) is 0 Å². The average Bonchev–Trinajstić information content (AvgIpc) is 2.62. The summed E-state index contributed by atoms with van der Waals surface area (Å²) in [6.45, 7) is 0. The second kappa shape index (κ2) is 2.48. The van der Waals surface area contributed by atoms with Crippen LogP contribution in [0.2, 0.25) is 0 Å². The molecule has 2 bridgehead atoms. The summed E-state index contributed by atoms with van der Waals surface area (Å²) in [5, 5.41) is 3.27. The highest BCUT2D eigenvalue weighted by Gasteiger charge is 2.43. The molecule has 0 amide bonds. The van der Waals surface area contributed by atoms with Gasteiger partial charge in [0.05, 0.1) is 7.11 Å². The number of fused-ring (bicyclic) bond motifs is 2. The Morgan fingerprint density at radius 2 is 2.36 bits per heavy atom. The molecule has 3 heteroatoms. The van der Waals surface area contributed by atoms with Crippen LogP contribution in [0.15, 0.2) is 0 Å². The number of hydrogen-bond acceptors (Lipinski definition) is 3. The second-order valence-corrected chi connectivity index (χ2v) is 3.44. The van der Waals surface area contributed by atoms with Crippen LogP contribution >= 0.6 is 0 Å². The van der Waals surface area contributed by atoms with Crippen molar-refractivity contribution in [2.75, 3.05) is 7.11 Å². The zero-order valence-corrected chi connectivity index (χ0v) is 6.67. The zero-order chi connectivity index (χ0) is 7.84. The summed E-state index contributed by atoms with van der Waals surface area (Å²) in [6.07, 6.45) is 3.59. The van der Waals surface area contributed by atoms with Crippen LogP contribution < -0.4 is 5.32 Å². The molecular weight excluding hydrogens is 142 g/mol. The zero-order valence-electron chi connectivity index (χ0n) is 6.67. The number of carbonyl (C=O) groups is 1. The predicted octanol–water partition coefficient (Wildman–Crippen LogP) is 0.300. The molecule has 1 aliphatic carbocycles. The lowest BCUT2D eigenvalue weighted by molar-refractivity contribution is -0.144. The first-order valence-corrected chi connectivity index (χ1v) is 4.15. The van der Waals surface area contributed by atoms with E-state index in [1.54, 1.807) is 0 Å². The summed E-state index contributed by atoms with van der Waals surface area (Å²) in [7, 11) is 1.45. The van der Waals surface area contributed by atoms with Crippen molar-refractivity contribution in [1.29, 1.82) is 0 Å². The van der Waals surface area contributed by atoms with E-state index < -0.39 is 0 Å². The van der Waals surface area contributed by atoms with Gasteiger partial charge in [0.2, 0.25) is 0 Å². The normalized spacial score (nSPS) is 41.0. The van der Waals surface area contributed by atoms with Crippen LogP contribution in [0.1, 0.15) is 19.3 Å². The highest BCUT2D eigenvalue weighted by molar-refractivity contribution is 5.76. The van der Waals surface area contributed by atoms with E-state index in [2.05, 4.69) is 10.1 Å². The van der Waals surface area contributed by atoms with Crippen molar-refractivity contribution in [2.24, 2.45) is 5.92 Å². The molecule has 1 heterocycles. The lowest BCUT2D eigenvalue weighted by atomic mass is 10.0. The second-order valence-electron chi connectivity index (χ2n) is 3.44.